The van der Waals surface area contributed by atoms with Crippen molar-refractivity contribution >= 4 is 28.8 Å². The Kier molecular flexibility index (Phi) is 5.56. The summed E-state index contributed by atoms with van der Waals surface area (Å²) >= 11 is 0. The monoisotopic (exact) mass is 473 g/mol. The zero-order chi connectivity index (χ0) is 24.8. The molecule has 0 bridgehead atoms. The summed E-state index contributed by atoms with van der Waals surface area (Å²) in [5, 5.41) is 0. The van der Waals surface area contributed by atoms with Crippen LogP contribution in [0.4, 0.5) is 27.6 Å². The standard InChI is InChI=1S/C23H16F5N5O/c1-2-12-17(29)8-16(24)14(20(12)25)9-33-10-31-19-6-5-18(32-22(19)33)11-3-4-13(21(30)34)15(7-11)23(26,27)28/h2-8,10H,1,9,29H2,(H2,30,34). The summed E-state index contributed by atoms with van der Waals surface area (Å²) < 4.78 is 71.0. The lowest BCUT2D eigenvalue weighted by atomic mass is 10.0. The maximum atomic E-state index is 14.8. The zero-order valence-electron chi connectivity index (χ0n) is 17.3. The van der Waals surface area contributed by atoms with Crippen LogP contribution in [0.2, 0.25) is 0 Å². The SMILES string of the molecule is C=Cc1c(N)cc(F)c(Cn2cnc3ccc(-c4ccc(C(N)=O)c(C(F)(F)F)c4)nc32)c1F. The predicted molar refractivity (Wildman–Crippen MR) is 116 cm³/mol. The van der Waals surface area contributed by atoms with Crippen molar-refractivity contribution in [2.75, 3.05) is 5.73 Å². The van der Waals surface area contributed by atoms with Gasteiger partial charge in [-0.05, 0) is 30.3 Å². The lowest BCUT2D eigenvalue weighted by Gasteiger charge is -2.13. The first kappa shape index (κ1) is 22.9. The van der Waals surface area contributed by atoms with Gasteiger partial charge >= 0.3 is 6.18 Å². The van der Waals surface area contributed by atoms with E-state index in [2.05, 4.69) is 16.5 Å². The Morgan fingerprint density at radius 3 is 2.53 bits per heavy atom. The minimum Gasteiger partial charge on any atom is -0.398 e. The van der Waals surface area contributed by atoms with Gasteiger partial charge in [0.05, 0.1) is 29.7 Å². The molecule has 34 heavy (non-hydrogen) atoms. The highest BCUT2D eigenvalue weighted by Gasteiger charge is 2.35. The first-order valence-electron chi connectivity index (χ1n) is 9.73. The zero-order valence-corrected chi connectivity index (χ0v) is 17.3. The van der Waals surface area contributed by atoms with Gasteiger partial charge in [-0.15, -0.1) is 0 Å². The average Bonchev–Trinajstić information content (AvgIpc) is 3.17. The largest absolute Gasteiger partial charge is 0.417 e. The number of imidazole rings is 1. The van der Waals surface area contributed by atoms with E-state index in [0.717, 1.165) is 18.2 Å². The van der Waals surface area contributed by atoms with Crippen LogP contribution in [0, 0.1) is 11.6 Å². The Hall–Kier alpha value is -4.28. The number of halogens is 5. The second-order valence-electron chi connectivity index (χ2n) is 7.39. The van der Waals surface area contributed by atoms with Crippen LogP contribution in [-0.4, -0.2) is 20.4 Å². The second-order valence-corrected chi connectivity index (χ2v) is 7.39. The van der Waals surface area contributed by atoms with E-state index in [9.17, 15) is 26.7 Å². The molecule has 0 radical (unpaired) electrons. The number of fused-ring (bicyclic) bond motifs is 1. The molecule has 0 spiro atoms. The van der Waals surface area contributed by atoms with E-state index < -0.39 is 34.8 Å². The molecule has 0 unspecified atom stereocenters. The van der Waals surface area contributed by atoms with Gasteiger partial charge in [0, 0.05) is 22.4 Å². The number of anilines is 1. The van der Waals surface area contributed by atoms with E-state index in [1.54, 1.807) is 0 Å². The Labute approximate surface area is 189 Å². The predicted octanol–water partition coefficient (Wildman–Crippen LogP) is 4.77. The molecule has 0 atom stereocenters. The van der Waals surface area contributed by atoms with Gasteiger partial charge in [-0.25, -0.2) is 18.7 Å². The molecule has 2 aromatic heterocycles. The number of carbonyl (C=O) groups is 1. The molecule has 11 heteroatoms. The molecule has 4 rings (SSSR count). The van der Waals surface area contributed by atoms with E-state index >= 15 is 0 Å². The molecule has 174 valence electrons. The fraction of sp³-hybridized carbons (Fsp3) is 0.0870. The number of alkyl halides is 3. The summed E-state index contributed by atoms with van der Waals surface area (Å²) in [7, 11) is 0. The number of rotatable bonds is 5. The molecule has 4 N–H and O–H groups in total. The molecule has 2 heterocycles. The number of nitrogens with zero attached hydrogens (tertiary/aromatic N) is 3. The van der Waals surface area contributed by atoms with Gasteiger partial charge in [-0.1, -0.05) is 18.7 Å². The minimum atomic E-state index is -4.82. The number of pyridine rings is 1. The Balaban J connectivity index is 1.81. The first-order chi connectivity index (χ1) is 16.0. The Bertz CT molecular complexity index is 1460. The molecule has 4 aromatic rings. The van der Waals surface area contributed by atoms with Crippen LogP contribution in [0.5, 0.6) is 0 Å². The molecule has 0 aliphatic carbocycles. The third-order valence-electron chi connectivity index (χ3n) is 5.26. The number of hydrogen-bond acceptors (Lipinski definition) is 4. The molecule has 0 aliphatic heterocycles. The highest BCUT2D eigenvalue weighted by molar-refractivity contribution is 5.95. The summed E-state index contributed by atoms with van der Waals surface area (Å²) in [4.78, 5) is 19.9. The number of amides is 1. The smallest absolute Gasteiger partial charge is 0.398 e. The maximum absolute atomic E-state index is 14.8. The topological polar surface area (TPSA) is 99.8 Å². The number of benzene rings is 2. The number of nitrogens with two attached hydrogens (primary N) is 2. The Morgan fingerprint density at radius 1 is 1.15 bits per heavy atom. The van der Waals surface area contributed by atoms with Gasteiger partial charge in [0.1, 0.15) is 17.2 Å². The number of hydrogen-bond donors (Lipinski definition) is 2. The van der Waals surface area contributed by atoms with Gasteiger partial charge in [-0.2, -0.15) is 13.2 Å². The van der Waals surface area contributed by atoms with Gasteiger partial charge in [0.25, 0.3) is 0 Å². The van der Waals surface area contributed by atoms with Crippen LogP contribution in [-0.2, 0) is 12.7 Å². The van der Waals surface area contributed by atoms with Crippen LogP contribution >= 0.6 is 0 Å². The molecule has 6 nitrogen and oxygen atoms in total. The van der Waals surface area contributed by atoms with E-state index in [0.29, 0.717) is 5.52 Å². The molecule has 0 fully saturated rings. The van der Waals surface area contributed by atoms with E-state index in [1.807, 2.05) is 0 Å². The average molecular weight is 473 g/mol. The third-order valence-corrected chi connectivity index (χ3v) is 5.26. The number of carbonyl (C=O) groups excluding carboxylic acids is 1. The number of primary amides is 1. The number of aromatic nitrogens is 3. The lowest BCUT2D eigenvalue weighted by molar-refractivity contribution is -0.137. The summed E-state index contributed by atoms with van der Waals surface area (Å²) in [6.45, 7) is 3.17. The lowest BCUT2D eigenvalue weighted by Crippen LogP contribution is -2.18. The molecular formula is C23H16F5N5O. The van der Waals surface area contributed by atoms with Crippen LogP contribution in [0.25, 0.3) is 28.5 Å². The normalized spacial score (nSPS) is 11.7. The third kappa shape index (κ3) is 3.96. The second kappa shape index (κ2) is 8.25. The highest BCUT2D eigenvalue weighted by Crippen LogP contribution is 2.35. The molecule has 0 saturated carbocycles. The van der Waals surface area contributed by atoms with Crippen molar-refractivity contribution in [1.29, 1.82) is 0 Å². The van der Waals surface area contributed by atoms with Crippen LogP contribution in [0.3, 0.4) is 0 Å². The summed E-state index contributed by atoms with van der Waals surface area (Å²) in [6, 6.07) is 6.95. The fourth-order valence-corrected chi connectivity index (χ4v) is 3.59. The van der Waals surface area contributed by atoms with Gasteiger partial charge < -0.3 is 16.0 Å². The van der Waals surface area contributed by atoms with E-state index in [4.69, 9.17) is 11.5 Å². The quantitative estimate of drug-likeness (QED) is 0.322. The molecule has 0 aliphatic rings. The van der Waals surface area contributed by atoms with Crippen LogP contribution in [0.1, 0.15) is 27.0 Å². The molecule has 2 aromatic carbocycles. The molecular weight excluding hydrogens is 457 g/mol. The van der Waals surface area contributed by atoms with Crippen molar-refractivity contribution in [2.45, 2.75) is 12.7 Å². The van der Waals surface area contributed by atoms with Gasteiger partial charge in [0.15, 0.2) is 5.65 Å². The first-order valence-corrected chi connectivity index (χ1v) is 9.73. The minimum absolute atomic E-state index is 0.0521. The van der Waals surface area contributed by atoms with Gasteiger partial charge in [0.2, 0.25) is 5.91 Å². The maximum Gasteiger partial charge on any atom is 0.417 e. The van der Waals surface area contributed by atoms with Crippen molar-refractivity contribution in [1.82, 2.24) is 14.5 Å². The highest BCUT2D eigenvalue weighted by atomic mass is 19.4. The van der Waals surface area contributed by atoms with Crippen molar-refractivity contribution in [3.05, 3.63) is 83.2 Å². The van der Waals surface area contributed by atoms with Crippen molar-refractivity contribution in [3.8, 4) is 11.3 Å². The van der Waals surface area contributed by atoms with E-state index in [1.165, 1.54) is 35.2 Å². The molecule has 0 saturated heterocycles. The van der Waals surface area contributed by atoms with Crippen molar-refractivity contribution < 1.29 is 26.7 Å². The summed E-state index contributed by atoms with van der Waals surface area (Å²) in [5.74, 6) is -2.98. The van der Waals surface area contributed by atoms with Crippen LogP contribution < -0.4 is 11.5 Å². The molecule has 1 amide bonds. The summed E-state index contributed by atoms with van der Waals surface area (Å²) in [6.07, 6.45) is -2.34. The Morgan fingerprint density at radius 2 is 1.88 bits per heavy atom. The van der Waals surface area contributed by atoms with Crippen molar-refractivity contribution in [3.63, 3.8) is 0 Å². The number of nitrogen functional groups attached to an aromatic ring is 1. The van der Waals surface area contributed by atoms with Crippen molar-refractivity contribution in [2.24, 2.45) is 5.73 Å². The fourth-order valence-electron chi connectivity index (χ4n) is 3.59. The van der Waals surface area contributed by atoms with Gasteiger partial charge in [-0.3, -0.25) is 4.79 Å². The van der Waals surface area contributed by atoms with Crippen LogP contribution in [0.15, 0.2) is 49.3 Å². The van der Waals surface area contributed by atoms with E-state index in [-0.39, 0.29) is 40.3 Å². The summed E-state index contributed by atoms with van der Waals surface area (Å²) in [5.41, 5.74) is 9.09.